The molecule has 2 aromatic heterocycles. The molecule has 21 heavy (non-hydrogen) atoms. The van der Waals surface area contributed by atoms with Crippen LogP contribution >= 0.6 is 23.1 Å². The number of aryl methyl sites for hydroxylation is 1. The summed E-state index contributed by atoms with van der Waals surface area (Å²) in [6.07, 6.45) is 1.61. The lowest BCUT2D eigenvalue weighted by Crippen LogP contribution is -2.09. The summed E-state index contributed by atoms with van der Waals surface area (Å²) in [7, 11) is 0. The van der Waals surface area contributed by atoms with Crippen LogP contribution in [0.5, 0.6) is 0 Å². The van der Waals surface area contributed by atoms with Crippen molar-refractivity contribution >= 4 is 29.1 Å². The summed E-state index contributed by atoms with van der Waals surface area (Å²) in [5, 5.41) is 13.1. The second-order valence-electron chi connectivity index (χ2n) is 5.10. The van der Waals surface area contributed by atoms with Gasteiger partial charge in [0, 0.05) is 11.4 Å². The average Bonchev–Trinajstić information content (AvgIpc) is 2.93. The Morgan fingerprint density at radius 3 is 2.95 bits per heavy atom. The molecule has 2 rings (SSSR count). The number of carbonyl (C=O) groups is 1. The Balaban J connectivity index is 2.00. The van der Waals surface area contributed by atoms with Crippen LogP contribution in [0.3, 0.4) is 0 Å². The van der Waals surface area contributed by atoms with Gasteiger partial charge in [-0.3, -0.25) is 4.79 Å². The van der Waals surface area contributed by atoms with E-state index in [0.717, 1.165) is 27.3 Å². The lowest BCUT2D eigenvalue weighted by molar-refractivity contribution is -0.136. The molecule has 0 aliphatic rings. The number of carboxylic acids is 1. The van der Waals surface area contributed by atoms with Crippen molar-refractivity contribution in [3.8, 4) is 0 Å². The van der Waals surface area contributed by atoms with Gasteiger partial charge < -0.3 is 5.11 Å². The number of thiazole rings is 1. The summed E-state index contributed by atoms with van der Waals surface area (Å²) in [6, 6.07) is 0. The van der Waals surface area contributed by atoms with Crippen LogP contribution in [0.4, 0.5) is 0 Å². The largest absolute Gasteiger partial charge is 0.481 e. The molecule has 2 heterocycles. The Kier molecular flexibility index (Phi) is 5.35. The van der Waals surface area contributed by atoms with Crippen molar-refractivity contribution in [3.05, 3.63) is 22.7 Å². The number of carboxylic acid groups (broad SMARTS) is 1. The van der Waals surface area contributed by atoms with Gasteiger partial charge in [0.05, 0.1) is 17.9 Å². The van der Waals surface area contributed by atoms with Crippen LogP contribution in [-0.4, -0.2) is 30.8 Å². The molecule has 114 valence electrons. The van der Waals surface area contributed by atoms with Crippen molar-refractivity contribution in [2.24, 2.45) is 5.92 Å². The molecule has 0 saturated heterocycles. The molecular formula is C13H18N4O2S2. The monoisotopic (exact) mass is 326 g/mol. The van der Waals surface area contributed by atoms with Gasteiger partial charge in [-0.05, 0) is 12.8 Å². The molecule has 2 aromatic rings. The molecule has 6 nitrogen and oxygen atoms in total. The highest BCUT2D eigenvalue weighted by molar-refractivity contribution is 8.00. The Hall–Kier alpha value is -1.41. The summed E-state index contributed by atoms with van der Waals surface area (Å²) in [6.45, 7) is 6.97. The minimum Gasteiger partial charge on any atom is -0.481 e. The maximum atomic E-state index is 10.8. The lowest BCUT2D eigenvalue weighted by atomic mass is 10.2. The molecule has 0 aromatic carbocycles. The second kappa shape index (κ2) is 7.04. The van der Waals surface area contributed by atoms with Gasteiger partial charge in [-0.15, -0.1) is 11.3 Å². The van der Waals surface area contributed by atoms with Crippen LogP contribution in [0, 0.1) is 12.8 Å². The van der Waals surface area contributed by atoms with Gasteiger partial charge in [-0.25, -0.2) is 14.6 Å². The maximum Gasteiger partial charge on any atom is 0.308 e. The topological polar surface area (TPSA) is 80.9 Å². The van der Waals surface area contributed by atoms with Crippen molar-refractivity contribution in [1.82, 2.24) is 19.7 Å². The second-order valence-corrected chi connectivity index (χ2v) is 7.41. The first-order valence-electron chi connectivity index (χ1n) is 6.63. The number of aliphatic carboxylic acids is 1. The third kappa shape index (κ3) is 4.53. The normalized spacial score (nSPS) is 11.2. The quantitative estimate of drug-likeness (QED) is 0.788. The molecule has 0 spiro atoms. The number of nitrogens with zero attached hydrogens (tertiary/aromatic N) is 4. The van der Waals surface area contributed by atoms with Gasteiger partial charge in [0.1, 0.15) is 12.2 Å². The molecule has 0 amide bonds. The summed E-state index contributed by atoms with van der Waals surface area (Å²) >= 11 is 3.02. The fourth-order valence-corrected chi connectivity index (χ4v) is 3.96. The fourth-order valence-electron chi connectivity index (χ4n) is 1.79. The van der Waals surface area contributed by atoms with Gasteiger partial charge in [0.25, 0.3) is 0 Å². The molecule has 1 N–H and O–H groups in total. The molecule has 8 heteroatoms. The smallest absolute Gasteiger partial charge is 0.308 e. The highest BCUT2D eigenvalue weighted by Crippen LogP contribution is 2.29. The fraction of sp³-hybridized carbons (Fsp3) is 0.538. The standard InChI is InChI=1S/C13H18N4O2S2/c1-8(2)5-17-11(14-7-15-17)6-20-13-16-9(3)10(21-13)4-12(18)19/h7-8H,4-6H2,1-3H3,(H,18,19). The summed E-state index contributed by atoms with van der Waals surface area (Å²) in [5.74, 6) is 1.29. The Morgan fingerprint density at radius 2 is 2.29 bits per heavy atom. The third-order valence-corrected chi connectivity index (χ3v) is 5.04. The van der Waals surface area contributed by atoms with Crippen LogP contribution in [0.25, 0.3) is 0 Å². The third-order valence-electron chi connectivity index (χ3n) is 2.74. The van der Waals surface area contributed by atoms with Crippen LogP contribution in [0.1, 0.15) is 30.2 Å². The molecule has 0 fully saturated rings. The van der Waals surface area contributed by atoms with Crippen molar-refractivity contribution in [2.45, 2.75) is 43.8 Å². The summed E-state index contributed by atoms with van der Waals surface area (Å²) in [4.78, 5) is 20.3. The van der Waals surface area contributed by atoms with Crippen LogP contribution < -0.4 is 0 Å². The van der Waals surface area contributed by atoms with Gasteiger partial charge in [-0.1, -0.05) is 25.6 Å². The molecule has 0 aliphatic carbocycles. The predicted molar refractivity (Wildman–Crippen MR) is 82.6 cm³/mol. The highest BCUT2D eigenvalue weighted by Gasteiger charge is 2.13. The highest BCUT2D eigenvalue weighted by atomic mass is 32.2. The van der Waals surface area contributed by atoms with Crippen molar-refractivity contribution < 1.29 is 9.90 Å². The van der Waals surface area contributed by atoms with Crippen LogP contribution in [0.2, 0.25) is 0 Å². The van der Waals surface area contributed by atoms with E-state index in [0.29, 0.717) is 11.7 Å². The average molecular weight is 326 g/mol. The van der Waals surface area contributed by atoms with E-state index in [2.05, 4.69) is 28.9 Å². The van der Waals surface area contributed by atoms with Gasteiger partial charge in [0.15, 0.2) is 4.34 Å². The Bertz CT molecular complexity index is 621. The van der Waals surface area contributed by atoms with E-state index in [1.165, 1.54) is 11.3 Å². The zero-order chi connectivity index (χ0) is 15.4. The summed E-state index contributed by atoms with van der Waals surface area (Å²) < 4.78 is 2.79. The Morgan fingerprint density at radius 1 is 1.52 bits per heavy atom. The van der Waals surface area contributed by atoms with Crippen LogP contribution in [-0.2, 0) is 23.5 Å². The molecular weight excluding hydrogens is 308 g/mol. The zero-order valence-electron chi connectivity index (χ0n) is 12.2. The first-order valence-corrected chi connectivity index (χ1v) is 8.43. The minimum atomic E-state index is -0.824. The maximum absolute atomic E-state index is 10.8. The van der Waals surface area contributed by atoms with E-state index in [4.69, 9.17) is 5.11 Å². The van der Waals surface area contributed by atoms with Gasteiger partial charge in [0.2, 0.25) is 0 Å². The summed E-state index contributed by atoms with van der Waals surface area (Å²) in [5.41, 5.74) is 0.800. The SMILES string of the molecule is Cc1nc(SCc2ncnn2CC(C)C)sc1CC(=O)O. The number of hydrogen-bond donors (Lipinski definition) is 1. The van der Waals surface area contributed by atoms with E-state index >= 15 is 0 Å². The first-order chi connectivity index (χ1) is 9.95. The number of hydrogen-bond acceptors (Lipinski definition) is 6. The number of thioether (sulfide) groups is 1. The Labute approximate surface area is 131 Å². The van der Waals surface area contributed by atoms with E-state index in [9.17, 15) is 4.79 Å². The zero-order valence-corrected chi connectivity index (χ0v) is 13.9. The lowest BCUT2D eigenvalue weighted by Gasteiger charge is -2.07. The minimum absolute atomic E-state index is 0.0353. The van der Waals surface area contributed by atoms with E-state index < -0.39 is 5.97 Å². The molecule has 0 bridgehead atoms. The molecule has 0 atom stereocenters. The van der Waals surface area contributed by atoms with Gasteiger partial charge >= 0.3 is 5.97 Å². The molecule has 0 unspecified atom stereocenters. The van der Waals surface area contributed by atoms with E-state index in [-0.39, 0.29) is 6.42 Å². The first kappa shape index (κ1) is 16.0. The molecule has 0 radical (unpaired) electrons. The van der Waals surface area contributed by atoms with Crippen molar-refractivity contribution in [2.75, 3.05) is 0 Å². The van der Waals surface area contributed by atoms with Gasteiger partial charge in [-0.2, -0.15) is 5.10 Å². The van der Waals surface area contributed by atoms with Crippen molar-refractivity contribution in [1.29, 1.82) is 0 Å². The number of aromatic nitrogens is 4. The van der Waals surface area contributed by atoms with E-state index in [1.54, 1.807) is 18.1 Å². The molecule has 0 saturated carbocycles. The number of rotatable bonds is 7. The van der Waals surface area contributed by atoms with E-state index in [1.807, 2.05) is 11.6 Å². The van der Waals surface area contributed by atoms with Crippen molar-refractivity contribution in [3.63, 3.8) is 0 Å². The molecule has 0 aliphatic heterocycles. The predicted octanol–water partition coefficient (Wildman–Crippen LogP) is 2.62. The van der Waals surface area contributed by atoms with Crippen LogP contribution in [0.15, 0.2) is 10.7 Å².